The fourth-order valence-electron chi connectivity index (χ4n) is 1.85. The average Bonchev–Trinajstić information content (AvgIpc) is 2.39. The molecule has 0 saturated carbocycles. The lowest BCUT2D eigenvalue weighted by atomic mass is 10.0. The Bertz CT molecular complexity index is 597. The van der Waals surface area contributed by atoms with Crippen molar-refractivity contribution >= 4 is 17.2 Å². The fraction of sp³-hybridized carbons (Fsp3) is 0.214. The number of aromatic nitrogens is 1. The van der Waals surface area contributed by atoms with Crippen LogP contribution in [-0.2, 0) is 0 Å². The van der Waals surface area contributed by atoms with Gasteiger partial charge in [-0.05, 0) is 17.5 Å². The Morgan fingerprint density at radius 3 is 2.68 bits per heavy atom. The minimum Gasteiger partial charge on any atom is -0.340 e. The molecule has 2 rings (SSSR count). The summed E-state index contributed by atoms with van der Waals surface area (Å²) in [6.07, 6.45) is 1.43. The highest BCUT2D eigenvalue weighted by Gasteiger charge is 2.09. The van der Waals surface area contributed by atoms with Crippen molar-refractivity contribution in [2.75, 3.05) is 5.32 Å². The zero-order valence-corrected chi connectivity index (χ0v) is 10.8. The van der Waals surface area contributed by atoms with E-state index in [0.717, 1.165) is 11.3 Å². The van der Waals surface area contributed by atoms with Gasteiger partial charge in [0.25, 0.3) is 5.69 Å². The highest BCUT2D eigenvalue weighted by Crippen LogP contribution is 2.27. The second kappa shape index (κ2) is 5.48. The van der Waals surface area contributed by atoms with Gasteiger partial charge in [-0.1, -0.05) is 32.0 Å². The lowest BCUT2D eigenvalue weighted by Gasteiger charge is -2.13. The lowest BCUT2D eigenvalue weighted by Crippen LogP contribution is -1.99. The van der Waals surface area contributed by atoms with Crippen LogP contribution in [0, 0.1) is 10.1 Å². The summed E-state index contributed by atoms with van der Waals surface area (Å²) in [6, 6.07) is 10.7. The SMILES string of the molecule is CC(C)c1ccccc1Nc1cc([N+](=O)[O-])ccn1. The number of nitrogens with zero attached hydrogens (tertiary/aromatic N) is 2. The first kappa shape index (κ1) is 13.0. The molecule has 5 nitrogen and oxygen atoms in total. The molecule has 0 spiro atoms. The average molecular weight is 257 g/mol. The number of nitrogens with one attached hydrogen (secondary N) is 1. The van der Waals surface area contributed by atoms with Gasteiger partial charge >= 0.3 is 0 Å². The van der Waals surface area contributed by atoms with Crippen molar-refractivity contribution in [3.63, 3.8) is 0 Å². The van der Waals surface area contributed by atoms with E-state index < -0.39 is 4.92 Å². The van der Waals surface area contributed by atoms with Crippen molar-refractivity contribution in [3.05, 3.63) is 58.3 Å². The topological polar surface area (TPSA) is 68.1 Å². The zero-order chi connectivity index (χ0) is 13.8. The summed E-state index contributed by atoms with van der Waals surface area (Å²) in [7, 11) is 0. The van der Waals surface area contributed by atoms with Gasteiger partial charge in [0.2, 0.25) is 0 Å². The molecule has 1 heterocycles. The molecule has 0 fully saturated rings. The molecule has 0 aliphatic carbocycles. The number of pyridine rings is 1. The van der Waals surface area contributed by atoms with Crippen molar-refractivity contribution in [1.29, 1.82) is 0 Å². The molecule has 0 saturated heterocycles. The predicted octanol–water partition coefficient (Wildman–Crippen LogP) is 3.86. The summed E-state index contributed by atoms with van der Waals surface area (Å²) >= 11 is 0. The van der Waals surface area contributed by atoms with Gasteiger partial charge in [0.1, 0.15) is 5.82 Å². The van der Waals surface area contributed by atoms with Gasteiger partial charge < -0.3 is 5.32 Å². The van der Waals surface area contributed by atoms with Crippen molar-refractivity contribution in [2.45, 2.75) is 19.8 Å². The number of anilines is 2. The monoisotopic (exact) mass is 257 g/mol. The van der Waals surface area contributed by atoms with Gasteiger partial charge in [-0.25, -0.2) is 4.98 Å². The molecule has 1 N–H and O–H groups in total. The van der Waals surface area contributed by atoms with Gasteiger partial charge in [-0.3, -0.25) is 10.1 Å². The third kappa shape index (κ3) is 3.07. The predicted molar refractivity (Wildman–Crippen MR) is 74.7 cm³/mol. The summed E-state index contributed by atoms with van der Waals surface area (Å²) in [5.41, 5.74) is 2.10. The van der Waals surface area contributed by atoms with E-state index in [-0.39, 0.29) is 5.69 Å². The van der Waals surface area contributed by atoms with E-state index in [9.17, 15) is 10.1 Å². The smallest absolute Gasteiger partial charge is 0.274 e. The Balaban J connectivity index is 2.31. The molecule has 0 amide bonds. The van der Waals surface area contributed by atoms with Gasteiger partial charge in [0, 0.05) is 18.0 Å². The van der Waals surface area contributed by atoms with E-state index in [1.807, 2.05) is 24.3 Å². The molecule has 0 radical (unpaired) electrons. The fourth-order valence-corrected chi connectivity index (χ4v) is 1.85. The van der Waals surface area contributed by atoms with Crippen LogP contribution >= 0.6 is 0 Å². The van der Waals surface area contributed by atoms with Crippen molar-refractivity contribution < 1.29 is 4.92 Å². The molecule has 0 aliphatic rings. The summed E-state index contributed by atoms with van der Waals surface area (Å²) in [5, 5.41) is 13.9. The number of benzene rings is 1. The summed E-state index contributed by atoms with van der Waals surface area (Å²) in [6.45, 7) is 4.20. The van der Waals surface area contributed by atoms with Crippen LogP contribution in [0.4, 0.5) is 17.2 Å². The molecule has 1 aromatic carbocycles. The Morgan fingerprint density at radius 2 is 2.00 bits per heavy atom. The number of hydrogen-bond donors (Lipinski definition) is 1. The van der Waals surface area contributed by atoms with Crippen LogP contribution in [0.5, 0.6) is 0 Å². The lowest BCUT2D eigenvalue weighted by molar-refractivity contribution is -0.384. The Morgan fingerprint density at radius 1 is 1.26 bits per heavy atom. The van der Waals surface area contributed by atoms with Gasteiger partial charge in [-0.15, -0.1) is 0 Å². The Hall–Kier alpha value is -2.43. The first-order chi connectivity index (χ1) is 9.08. The van der Waals surface area contributed by atoms with Crippen LogP contribution in [0.2, 0.25) is 0 Å². The second-order valence-electron chi connectivity index (χ2n) is 4.52. The van der Waals surface area contributed by atoms with E-state index in [1.165, 1.54) is 18.3 Å². The van der Waals surface area contributed by atoms with Gasteiger partial charge in [-0.2, -0.15) is 0 Å². The Kier molecular flexibility index (Phi) is 3.75. The van der Waals surface area contributed by atoms with Crippen LogP contribution in [0.3, 0.4) is 0 Å². The number of rotatable bonds is 4. The van der Waals surface area contributed by atoms with E-state index in [4.69, 9.17) is 0 Å². The van der Waals surface area contributed by atoms with Crippen LogP contribution in [-0.4, -0.2) is 9.91 Å². The molecule has 0 bridgehead atoms. The molecular weight excluding hydrogens is 242 g/mol. The normalized spacial score (nSPS) is 10.5. The minimum absolute atomic E-state index is 0.0273. The van der Waals surface area contributed by atoms with Crippen LogP contribution in [0.25, 0.3) is 0 Å². The molecule has 0 atom stereocenters. The maximum atomic E-state index is 10.7. The molecular formula is C14H15N3O2. The molecule has 1 aromatic heterocycles. The van der Waals surface area contributed by atoms with E-state index in [2.05, 4.69) is 24.1 Å². The van der Waals surface area contributed by atoms with E-state index >= 15 is 0 Å². The largest absolute Gasteiger partial charge is 0.340 e. The highest BCUT2D eigenvalue weighted by molar-refractivity contribution is 5.62. The number of hydrogen-bond acceptors (Lipinski definition) is 4. The Labute approximate surface area is 111 Å². The summed E-state index contributed by atoms with van der Waals surface area (Å²) < 4.78 is 0. The molecule has 5 heteroatoms. The maximum absolute atomic E-state index is 10.7. The van der Waals surface area contributed by atoms with Crippen LogP contribution < -0.4 is 5.32 Å². The number of nitro groups is 1. The summed E-state index contributed by atoms with van der Waals surface area (Å²) in [5.74, 6) is 0.838. The van der Waals surface area contributed by atoms with Crippen LogP contribution in [0.1, 0.15) is 25.3 Å². The van der Waals surface area contributed by atoms with Crippen molar-refractivity contribution in [2.24, 2.45) is 0 Å². The van der Waals surface area contributed by atoms with Crippen molar-refractivity contribution in [3.8, 4) is 0 Å². The molecule has 19 heavy (non-hydrogen) atoms. The molecule has 98 valence electrons. The van der Waals surface area contributed by atoms with E-state index in [1.54, 1.807) is 0 Å². The third-order valence-electron chi connectivity index (χ3n) is 2.80. The zero-order valence-electron chi connectivity index (χ0n) is 10.8. The number of para-hydroxylation sites is 1. The first-order valence-electron chi connectivity index (χ1n) is 6.04. The standard InChI is InChI=1S/C14H15N3O2/c1-10(2)12-5-3-4-6-13(12)16-14-9-11(17(18)19)7-8-15-14/h3-10H,1-2H3,(H,15,16). The first-order valence-corrected chi connectivity index (χ1v) is 6.04. The van der Waals surface area contributed by atoms with E-state index in [0.29, 0.717) is 11.7 Å². The van der Waals surface area contributed by atoms with Gasteiger partial charge in [0.15, 0.2) is 0 Å². The molecule has 2 aromatic rings. The van der Waals surface area contributed by atoms with Gasteiger partial charge in [0.05, 0.1) is 11.0 Å². The van der Waals surface area contributed by atoms with Crippen LogP contribution in [0.15, 0.2) is 42.6 Å². The highest BCUT2D eigenvalue weighted by atomic mass is 16.6. The second-order valence-corrected chi connectivity index (χ2v) is 4.52. The maximum Gasteiger partial charge on any atom is 0.274 e. The minimum atomic E-state index is -0.429. The quantitative estimate of drug-likeness (QED) is 0.667. The summed E-state index contributed by atoms with van der Waals surface area (Å²) in [4.78, 5) is 14.4. The third-order valence-corrected chi connectivity index (χ3v) is 2.80. The van der Waals surface area contributed by atoms with Crippen molar-refractivity contribution in [1.82, 2.24) is 4.98 Å². The molecule has 0 aliphatic heterocycles. The molecule has 0 unspecified atom stereocenters.